The van der Waals surface area contributed by atoms with E-state index < -0.39 is 9.16 Å². The molecule has 0 unspecified atom stereocenters. The highest BCUT2D eigenvalue weighted by molar-refractivity contribution is 8.49. The van der Waals surface area contributed by atoms with Gasteiger partial charge in [0.15, 0.2) is 0 Å². The van der Waals surface area contributed by atoms with E-state index in [9.17, 15) is 0 Å². The molecular weight excluding hydrogens is 152 g/mol. The van der Waals surface area contributed by atoms with Crippen molar-refractivity contribution in [2.45, 2.75) is 44.6 Å². The van der Waals surface area contributed by atoms with Gasteiger partial charge in [-0.2, -0.15) is 0 Å². The molecule has 0 rings (SSSR count). The summed E-state index contributed by atoms with van der Waals surface area (Å²) in [5.74, 6) is 0. The van der Waals surface area contributed by atoms with E-state index in [2.05, 4.69) is 53.4 Å². The number of rotatable bonds is 1. The first-order chi connectivity index (χ1) is 4.48. The van der Waals surface area contributed by atoms with Crippen molar-refractivity contribution in [2.75, 3.05) is 18.8 Å². The fourth-order valence-electron chi connectivity index (χ4n) is 0.775. The standard InChI is InChI=1S/C10H26S/c1-9(2)11(6,7,8)10(3,4)5/h9,11H,1-8H3. The van der Waals surface area contributed by atoms with E-state index >= 15 is 0 Å². The van der Waals surface area contributed by atoms with E-state index in [1.54, 1.807) is 0 Å². The molecular formula is C10H26S. The molecule has 0 nitrogen and oxygen atoms in total. The Labute approximate surface area is 73.1 Å². The molecule has 0 aromatic rings. The van der Waals surface area contributed by atoms with E-state index in [1.807, 2.05) is 0 Å². The minimum atomic E-state index is -1.45. The summed E-state index contributed by atoms with van der Waals surface area (Å²) in [5.41, 5.74) is 0. The second-order valence-corrected chi connectivity index (χ2v) is 14.4. The van der Waals surface area contributed by atoms with Gasteiger partial charge in [-0.1, -0.05) is 34.6 Å². The van der Waals surface area contributed by atoms with Gasteiger partial charge in [0.05, 0.1) is 0 Å². The number of hydrogen-bond acceptors (Lipinski definition) is 0. The van der Waals surface area contributed by atoms with Crippen molar-refractivity contribution in [3.05, 3.63) is 0 Å². The maximum Gasteiger partial charge on any atom is -0.0213 e. The Bertz CT molecular complexity index is 140. The van der Waals surface area contributed by atoms with Crippen molar-refractivity contribution < 1.29 is 0 Å². The van der Waals surface area contributed by atoms with Gasteiger partial charge in [-0.15, -0.1) is 0 Å². The first-order valence-corrected chi connectivity index (χ1v) is 8.13. The number of hydrogen-bond donors (Lipinski definition) is 1. The van der Waals surface area contributed by atoms with Crippen molar-refractivity contribution >= 4 is 9.16 Å². The molecule has 0 heterocycles. The fourth-order valence-corrected chi connectivity index (χ4v) is 2.32. The third kappa shape index (κ3) is 1.74. The van der Waals surface area contributed by atoms with E-state index in [0.29, 0.717) is 4.75 Å². The Hall–Kier alpha value is 0.350. The Morgan fingerprint density at radius 3 is 1.18 bits per heavy atom. The maximum absolute atomic E-state index is 2.50. The van der Waals surface area contributed by atoms with Crippen molar-refractivity contribution in [1.82, 2.24) is 0 Å². The SMILES string of the molecule is CC(C)[SH](C)(C)(C)C(C)(C)C. The van der Waals surface area contributed by atoms with Crippen LogP contribution in [0.3, 0.4) is 0 Å². The van der Waals surface area contributed by atoms with Crippen LogP contribution in [0.15, 0.2) is 0 Å². The summed E-state index contributed by atoms with van der Waals surface area (Å²) in [7, 11) is -1.45. The van der Waals surface area contributed by atoms with Crippen LogP contribution in [-0.4, -0.2) is 28.8 Å². The Balaban J connectivity index is 4.96. The summed E-state index contributed by atoms with van der Waals surface area (Å²) < 4.78 is 0.486. The lowest BCUT2D eigenvalue weighted by molar-refractivity contribution is 0.764. The first-order valence-electron chi connectivity index (χ1n) is 4.48. The Morgan fingerprint density at radius 1 is 0.909 bits per heavy atom. The van der Waals surface area contributed by atoms with E-state index in [1.165, 1.54) is 0 Å². The van der Waals surface area contributed by atoms with Crippen LogP contribution in [0.1, 0.15) is 34.6 Å². The largest absolute Gasteiger partial charge is 0.284 e. The molecule has 11 heavy (non-hydrogen) atoms. The molecule has 0 saturated heterocycles. The molecule has 72 valence electrons. The van der Waals surface area contributed by atoms with Gasteiger partial charge in [-0.3, -0.25) is 9.16 Å². The lowest BCUT2D eigenvalue weighted by Crippen LogP contribution is -2.40. The van der Waals surface area contributed by atoms with Crippen molar-refractivity contribution in [1.29, 1.82) is 0 Å². The summed E-state index contributed by atoms with van der Waals surface area (Å²) in [6.45, 7) is 11.9. The zero-order valence-corrected chi connectivity index (χ0v) is 10.4. The van der Waals surface area contributed by atoms with Gasteiger partial charge in [0.1, 0.15) is 0 Å². The lowest BCUT2D eigenvalue weighted by Gasteiger charge is -2.65. The second kappa shape index (κ2) is 2.42. The zero-order valence-electron chi connectivity index (χ0n) is 9.52. The maximum atomic E-state index is 2.50. The van der Waals surface area contributed by atoms with Gasteiger partial charge in [0.2, 0.25) is 0 Å². The van der Waals surface area contributed by atoms with Crippen LogP contribution in [-0.2, 0) is 0 Å². The molecule has 0 amide bonds. The Morgan fingerprint density at radius 2 is 1.18 bits per heavy atom. The minimum absolute atomic E-state index is 0.486. The predicted molar refractivity (Wildman–Crippen MR) is 61.6 cm³/mol. The van der Waals surface area contributed by atoms with Gasteiger partial charge >= 0.3 is 0 Å². The normalized spacial score (nSPS) is 18.1. The monoisotopic (exact) mass is 178 g/mol. The highest BCUT2D eigenvalue weighted by atomic mass is 32.3. The molecule has 0 aromatic carbocycles. The van der Waals surface area contributed by atoms with Crippen molar-refractivity contribution in [3.63, 3.8) is 0 Å². The van der Waals surface area contributed by atoms with Gasteiger partial charge in [-0.25, -0.2) is 0 Å². The molecule has 0 aromatic heterocycles. The van der Waals surface area contributed by atoms with E-state index in [0.717, 1.165) is 5.25 Å². The van der Waals surface area contributed by atoms with E-state index in [4.69, 9.17) is 0 Å². The average Bonchev–Trinajstić information content (AvgIpc) is 1.59. The van der Waals surface area contributed by atoms with E-state index in [-0.39, 0.29) is 0 Å². The third-order valence-electron chi connectivity index (χ3n) is 4.21. The average molecular weight is 178 g/mol. The van der Waals surface area contributed by atoms with Crippen LogP contribution >= 0.6 is 9.16 Å². The first kappa shape index (κ1) is 11.4. The lowest BCUT2D eigenvalue weighted by atomic mass is 10.3. The highest BCUT2D eigenvalue weighted by Crippen LogP contribution is 2.72. The summed E-state index contributed by atoms with van der Waals surface area (Å²) in [4.78, 5) is 0. The van der Waals surface area contributed by atoms with Crippen molar-refractivity contribution in [3.8, 4) is 0 Å². The van der Waals surface area contributed by atoms with Crippen LogP contribution in [0.2, 0.25) is 0 Å². The molecule has 0 radical (unpaired) electrons. The summed E-state index contributed by atoms with van der Waals surface area (Å²) >= 11 is 0. The second-order valence-electron chi connectivity index (χ2n) is 6.18. The van der Waals surface area contributed by atoms with Gasteiger partial charge in [0, 0.05) is 0 Å². The molecule has 0 fully saturated rings. The van der Waals surface area contributed by atoms with Crippen LogP contribution in [0.5, 0.6) is 0 Å². The molecule has 0 N–H and O–H groups in total. The predicted octanol–water partition coefficient (Wildman–Crippen LogP) is 3.16. The molecule has 0 bridgehead atoms. The molecule has 1 heteroatoms. The molecule has 0 atom stereocenters. The van der Waals surface area contributed by atoms with Crippen molar-refractivity contribution in [2.24, 2.45) is 0 Å². The van der Waals surface area contributed by atoms with Crippen LogP contribution < -0.4 is 0 Å². The molecule has 0 aliphatic heterocycles. The number of thiol groups is 1. The summed E-state index contributed by atoms with van der Waals surface area (Å²) in [6, 6.07) is 0. The Kier molecular flexibility index (Phi) is 2.49. The summed E-state index contributed by atoms with van der Waals surface area (Å²) in [6.07, 6.45) is 7.49. The van der Waals surface area contributed by atoms with Crippen LogP contribution in [0.4, 0.5) is 0 Å². The highest BCUT2D eigenvalue weighted by Gasteiger charge is 2.40. The molecule has 0 aliphatic rings. The van der Waals surface area contributed by atoms with Crippen LogP contribution in [0, 0.1) is 0 Å². The summed E-state index contributed by atoms with van der Waals surface area (Å²) in [5, 5.41) is 0.834. The quantitative estimate of drug-likeness (QED) is 0.586. The zero-order chi connectivity index (χ0) is 9.52. The minimum Gasteiger partial charge on any atom is -0.284 e. The topological polar surface area (TPSA) is 0 Å². The third-order valence-corrected chi connectivity index (χ3v) is 12.6. The van der Waals surface area contributed by atoms with Gasteiger partial charge < -0.3 is 0 Å². The van der Waals surface area contributed by atoms with Crippen LogP contribution in [0.25, 0.3) is 0 Å². The fraction of sp³-hybridized carbons (Fsp3) is 1.00. The molecule has 0 aliphatic carbocycles. The van der Waals surface area contributed by atoms with Gasteiger partial charge in [-0.05, 0) is 28.8 Å². The molecule has 0 saturated carbocycles. The smallest absolute Gasteiger partial charge is 0.0213 e. The molecule has 0 spiro atoms. The van der Waals surface area contributed by atoms with Gasteiger partial charge in [0.25, 0.3) is 0 Å².